The molecule has 20 heteroatoms. The average molecular weight is 1220 g/mol. The van der Waals surface area contributed by atoms with E-state index in [1.54, 1.807) is 146 Å². The van der Waals surface area contributed by atoms with E-state index in [1.165, 1.54) is 72.8 Å². The van der Waals surface area contributed by atoms with Crippen molar-refractivity contribution in [1.29, 1.82) is 0 Å². The highest BCUT2D eigenvalue weighted by molar-refractivity contribution is 6.10. The lowest BCUT2D eigenvalue weighted by atomic mass is 10.0. The molecule has 450 valence electrons. The number of fused-ring (bicyclic) bond motifs is 8. The first-order chi connectivity index (χ1) is 44.9. The minimum Gasteiger partial charge on any atom is -0.354 e. The topological polar surface area (TPSA) is 222 Å². The summed E-state index contributed by atoms with van der Waals surface area (Å²) in [6.07, 6.45) is 7.22. The van der Waals surface area contributed by atoms with Crippen LogP contribution in [0.15, 0.2) is 218 Å². The third-order valence-corrected chi connectivity index (χ3v) is 15.0. The molecule has 8 amide bonds. The zero-order valence-electron chi connectivity index (χ0n) is 48.1. The molecule has 0 radical (unpaired) electrons. The van der Waals surface area contributed by atoms with Crippen molar-refractivity contribution < 1.29 is 36.7 Å². The van der Waals surface area contributed by atoms with Crippen molar-refractivity contribution in [2.75, 3.05) is 42.5 Å². The highest BCUT2D eigenvalue weighted by Crippen LogP contribution is 2.43. The second kappa shape index (κ2) is 25.5. The lowest BCUT2D eigenvalue weighted by Crippen LogP contribution is -2.20. The number of aromatic nitrogens is 4. The van der Waals surface area contributed by atoms with E-state index in [-0.39, 0.29) is 22.7 Å². The average Bonchev–Trinajstić information content (AvgIpc) is 1.61. The molecule has 2 aliphatic rings. The summed E-state index contributed by atoms with van der Waals surface area (Å²) in [7, 11) is 0. The molecule has 2 aliphatic heterocycles. The van der Waals surface area contributed by atoms with Crippen molar-refractivity contribution in [2.45, 2.75) is 0 Å². The maximum Gasteiger partial charge on any atom is 0.323 e. The Morgan fingerprint density at radius 2 is 0.435 bits per heavy atom. The Morgan fingerprint density at radius 3 is 0.652 bits per heavy atom. The number of hydrogen-bond acceptors (Lipinski definition) is 6. The lowest BCUT2D eigenvalue weighted by molar-refractivity contribution is 0.261. The predicted molar refractivity (Wildman–Crippen MR) is 357 cm³/mol. The SMILES string of the molecule is O=C(Nc1ccccc1F)Nc1ccccc1-c1c2nc(c(-c3ccccc3NC(=O)Nc3ccccc3F)c3ccc([nH]3)c(-c3ccccc3NC(=O)Nc3ccccc3F)c3nc(c(-c4ccccc4NC(=O)Nc4ccccc4F)c4ccc1[nH]4)C=C3)C=C2. The largest absolute Gasteiger partial charge is 0.354 e. The first-order valence-electron chi connectivity index (χ1n) is 28.7. The number of amides is 8. The predicted octanol–water partition coefficient (Wildman–Crippen LogP) is 18.5. The van der Waals surface area contributed by atoms with Crippen LogP contribution in [0.4, 0.5) is 82.2 Å². The number of nitrogens with zero attached hydrogens (tertiary/aromatic N) is 2. The number of halogens is 4. The molecule has 13 rings (SSSR count). The fourth-order valence-corrected chi connectivity index (χ4v) is 10.9. The van der Waals surface area contributed by atoms with Gasteiger partial charge in [-0.05, 0) is 121 Å². The summed E-state index contributed by atoms with van der Waals surface area (Å²) in [5, 5.41) is 22.1. The number of aromatic amines is 2. The van der Waals surface area contributed by atoms with Gasteiger partial charge in [-0.1, -0.05) is 121 Å². The molecular formula is C72H50F4N12O4. The van der Waals surface area contributed by atoms with E-state index >= 15 is 0 Å². The summed E-state index contributed by atoms with van der Waals surface area (Å²) in [5.41, 5.74) is 8.30. The van der Waals surface area contributed by atoms with E-state index < -0.39 is 47.4 Å². The highest BCUT2D eigenvalue weighted by Gasteiger charge is 2.25. The molecule has 11 aromatic rings. The van der Waals surface area contributed by atoms with Crippen LogP contribution in [0.25, 0.3) is 90.9 Å². The van der Waals surface area contributed by atoms with Gasteiger partial charge < -0.3 is 52.5 Å². The fourth-order valence-electron chi connectivity index (χ4n) is 10.9. The van der Waals surface area contributed by atoms with Crippen LogP contribution in [-0.4, -0.2) is 44.1 Å². The van der Waals surface area contributed by atoms with Gasteiger partial charge in [0.05, 0.1) is 68.3 Å². The zero-order chi connectivity index (χ0) is 63.2. The molecule has 0 spiro atoms. The number of benzene rings is 8. The van der Waals surface area contributed by atoms with E-state index in [2.05, 4.69) is 52.5 Å². The molecule has 0 atom stereocenters. The lowest BCUT2D eigenvalue weighted by Gasteiger charge is -2.15. The minimum absolute atomic E-state index is 0.0484. The quantitative estimate of drug-likeness (QED) is 0.0536. The smallest absolute Gasteiger partial charge is 0.323 e. The Morgan fingerprint density at radius 1 is 0.250 bits per heavy atom. The van der Waals surface area contributed by atoms with E-state index in [4.69, 9.17) is 9.97 Å². The number of para-hydroxylation sites is 8. The van der Waals surface area contributed by atoms with Gasteiger partial charge in [0.25, 0.3) is 0 Å². The third kappa shape index (κ3) is 12.2. The fraction of sp³-hybridized carbons (Fsp3) is 0. The van der Waals surface area contributed by atoms with E-state index in [9.17, 15) is 36.7 Å². The zero-order valence-corrected chi connectivity index (χ0v) is 48.1. The van der Waals surface area contributed by atoms with Crippen LogP contribution in [-0.2, 0) is 0 Å². The second-order valence-electron chi connectivity index (χ2n) is 20.9. The number of carbonyl (C=O) groups excluding carboxylic acids is 4. The molecule has 0 saturated carbocycles. The van der Waals surface area contributed by atoms with Crippen LogP contribution in [0, 0.1) is 23.3 Å². The maximum absolute atomic E-state index is 15.0. The van der Waals surface area contributed by atoms with Crippen molar-refractivity contribution in [2.24, 2.45) is 0 Å². The molecule has 8 bridgehead atoms. The van der Waals surface area contributed by atoms with Crippen LogP contribution in [0.2, 0.25) is 0 Å². The van der Waals surface area contributed by atoms with Crippen molar-refractivity contribution in [3.05, 3.63) is 264 Å². The molecule has 5 heterocycles. The maximum atomic E-state index is 15.0. The van der Waals surface area contributed by atoms with Crippen LogP contribution in [0.5, 0.6) is 0 Å². The van der Waals surface area contributed by atoms with E-state index in [0.29, 0.717) is 112 Å². The molecular weight excluding hydrogens is 1170 g/mol. The molecule has 16 nitrogen and oxygen atoms in total. The standard InChI is InChI=1S/C72H50F4N12O4/c73-45-21-5-13-29-53(45)85-69(89)81-49-25-9-1-17-41(49)65-57-33-35-59(77-57)66(42-18-2-10-26-50(42)82-70(90)86-54-30-14-6-22-46(54)74)61-37-39-63(79-61)68(44-20-4-12-28-52(44)84-72(92)88-56-32-16-8-24-48(56)76)64-40-38-62(80-64)67(60-36-34-58(65)78-60)43-19-3-11-27-51(43)83-71(91)87-55-31-15-7-23-47(55)75/h1-40,77,80H,(H2,81,85,89)(H2,82,86,90)(H2,83,87,91)(H2,84,88,92). The van der Waals surface area contributed by atoms with Crippen molar-refractivity contribution >= 4 is 116 Å². The van der Waals surface area contributed by atoms with Crippen molar-refractivity contribution in [3.8, 4) is 44.5 Å². The minimum atomic E-state index is -0.738. The number of rotatable bonds is 12. The molecule has 3 aromatic heterocycles. The summed E-state index contributed by atoms with van der Waals surface area (Å²) in [4.78, 5) is 73.7. The number of nitrogens with one attached hydrogen (secondary N) is 10. The Bertz CT molecular complexity index is 4410. The first-order valence-corrected chi connectivity index (χ1v) is 28.7. The van der Waals surface area contributed by atoms with E-state index in [0.717, 1.165) is 0 Å². The number of urea groups is 4. The number of carbonyl (C=O) groups is 4. The number of hydrogen-bond donors (Lipinski definition) is 10. The van der Waals surface area contributed by atoms with Crippen LogP contribution in [0.1, 0.15) is 22.8 Å². The highest BCUT2D eigenvalue weighted by atomic mass is 19.1. The molecule has 0 unspecified atom stereocenters. The van der Waals surface area contributed by atoms with Gasteiger partial charge >= 0.3 is 24.1 Å². The normalized spacial score (nSPS) is 11.3. The second-order valence-corrected chi connectivity index (χ2v) is 20.9. The number of anilines is 8. The van der Waals surface area contributed by atoms with Crippen molar-refractivity contribution in [1.82, 2.24) is 19.9 Å². The Kier molecular flexibility index (Phi) is 16.1. The van der Waals surface area contributed by atoms with Gasteiger partial charge in [0.15, 0.2) is 0 Å². The Hall–Kier alpha value is -12.8. The molecule has 0 saturated heterocycles. The van der Waals surface area contributed by atoms with Crippen LogP contribution >= 0.6 is 0 Å². The summed E-state index contributed by atoms with van der Waals surface area (Å²) in [6.45, 7) is 0. The summed E-state index contributed by atoms with van der Waals surface area (Å²) >= 11 is 0. The number of H-pyrrole nitrogens is 2. The molecule has 0 fully saturated rings. The van der Waals surface area contributed by atoms with Gasteiger partial charge in [-0.25, -0.2) is 46.7 Å². The van der Waals surface area contributed by atoms with Gasteiger partial charge in [0.2, 0.25) is 0 Å². The summed E-state index contributed by atoms with van der Waals surface area (Å²) in [6, 6.07) is 55.6. The van der Waals surface area contributed by atoms with Gasteiger partial charge in [-0.2, -0.15) is 0 Å². The Labute approximate surface area is 521 Å². The molecule has 0 aliphatic carbocycles. The summed E-state index contributed by atoms with van der Waals surface area (Å²) < 4.78 is 59.9. The van der Waals surface area contributed by atoms with Crippen LogP contribution in [0.3, 0.4) is 0 Å². The first kappa shape index (κ1) is 58.2. The van der Waals surface area contributed by atoms with Crippen molar-refractivity contribution in [3.63, 3.8) is 0 Å². The molecule has 8 aromatic carbocycles. The monoisotopic (exact) mass is 1220 g/mol. The Balaban J connectivity index is 1.08. The third-order valence-electron chi connectivity index (χ3n) is 15.0. The van der Waals surface area contributed by atoms with Gasteiger partial charge in [0.1, 0.15) is 23.3 Å². The molecule has 92 heavy (non-hydrogen) atoms. The van der Waals surface area contributed by atoms with Crippen LogP contribution < -0.4 is 42.5 Å². The molecule has 10 N–H and O–H groups in total. The van der Waals surface area contributed by atoms with Gasteiger partial charge in [0, 0.05) is 66.6 Å². The summed E-state index contributed by atoms with van der Waals surface area (Å²) in [5.74, 6) is -2.56. The van der Waals surface area contributed by atoms with Gasteiger partial charge in [-0.15, -0.1) is 0 Å². The van der Waals surface area contributed by atoms with Gasteiger partial charge in [-0.3, -0.25) is 0 Å². The van der Waals surface area contributed by atoms with E-state index in [1.807, 2.05) is 24.3 Å².